The Morgan fingerprint density at radius 2 is 2.55 bits per heavy atom. The van der Waals surface area contributed by atoms with E-state index in [0.29, 0.717) is 12.8 Å². The van der Waals surface area contributed by atoms with Crippen molar-refractivity contribution in [1.82, 2.24) is 0 Å². The number of hydrogen-bond acceptors (Lipinski definition) is 3. The van der Waals surface area contributed by atoms with Crippen LogP contribution < -0.4 is 0 Å². The number of hydrogen-bond donors (Lipinski definition) is 0. The van der Waals surface area contributed by atoms with Crippen LogP contribution in [-0.4, -0.2) is 24.0 Å². The van der Waals surface area contributed by atoms with Crippen LogP contribution in [0.15, 0.2) is 5.11 Å². The molecule has 2 bridgehead atoms. The van der Waals surface area contributed by atoms with Gasteiger partial charge in [-0.15, -0.1) is 0 Å². The van der Waals surface area contributed by atoms with E-state index < -0.39 is 0 Å². The Balaban J connectivity index is 2.13. The monoisotopic (exact) mass is 153 g/mol. The quantitative estimate of drug-likeness (QED) is 0.317. The van der Waals surface area contributed by atoms with Crippen molar-refractivity contribution in [3.8, 4) is 0 Å². The normalized spacial score (nSPS) is 40.7. The summed E-state index contributed by atoms with van der Waals surface area (Å²) in [6.07, 6.45) is 0.584. The number of carbonyl (C=O) groups excluding carboxylic acids is 1. The maximum absolute atomic E-state index is 10.9. The number of nitrogens with zero attached hydrogens (tertiary/aromatic N) is 3. The van der Waals surface area contributed by atoms with Crippen molar-refractivity contribution in [2.45, 2.75) is 31.1 Å². The van der Waals surface area contributed by atoms with E-state index in [9.17, 15) is 4.79 Å². The number of fused-ring (bicyclic) bond motifs is 2. The fraction of sp³-hybridized carbons (Fsp3) is 0.833. The molecule has 0 radical (unpaired) electrons. The summed E-state index contributed by atoms with van der Waals surface area (Å²) in [5.74, 6) is 0.152. The van der Waals surface area contributed by atoms with Crippen molar-refractivity contribution in [2.24, 2.45) is 5.11 Å². The summed E-state index contributed by atoms with van der Waals surface area (Å²) in [6, 6.07) is -0.109. The molecular weight excluding hydrogens is 146 g/mol. The number of carbonyl (C=O) groups is 1. The van der Waals surface area contributed by atoms with E-state index in [0.717, 1.165) is 0 Å². The van der Waals surface area contributed by atoms with Gasteiger partial charge in [0.15, 0.2) is 5.78 Å². The molecular formula is C6H7N3O2. The van der Waals surface area contributed by atoms with Gasteiger partial charge in [0.05, 0.1) is 12.1 Å². The van der Waals surface area contributed by atoms with Crippen LogP contribution in [0.2, 0.25) is 0 Å². The standard InChI is InChI=1S/C6H7N3O2/c7-9-8-3-1-6-4(10)2-5(3)11-6/h3,5-6H,1-2H2. The lowest BCUT2D eigenvalue weighted by Crippen LogP contribution is -2.25. The number of Topliss-reactive ketones (excluding diaryl/α,β-unsaturated/α-hetero) is 1. The van der Waals surface area contributed by atoms with E-state index in [1.165, 1.54) is 0 Å². The molecule has 2 aliphatic rings. The Kier molecular flexibility index (Phi) is 1.34. The predicted octanol–water partition coefficient (Wildman–Crippen LogP) is 0.796. The lowest BCUT2D eigenvalue weighted by Gasteiger charge is -2.10. The Morgan fingerprint density at radius 3 is 3.00 bits per heavy atom. The molecule has 0 amide bonds. The second kappa shape index (κ2) is 2.22. The maximum Gasteiger partial charge on any atom is 0.164 e. The third-order valence-electron chi connectivity index (χ3n) is 2.19. The van der Waals surface area contributed by atoms with Crippen LogP contribution in [0, 0.1) is 0 Å². The summed E-state index contributed by atoms with van der Waals surface area (Å²) in [7, 11) is 0. The van der Waals surface area contributed by atoms with Gasteiger partial charge in [-0.05, 0) is 12.0 Å². The van der Waals surface area contributed by atoms with Crippen molar-refractivity contribution < 1.29 is 9.53 Å². The first kappa shape index (κ1) is 6.64. The Hall–Kier alpha value is -1.06. The highest BCUT2D eigenvalue weighted by Gasteiger charge is 2.45. The van der Waals surface area contributed by atoms with Gasteiger partial charge in [-0.2, -0.15) is 0 Å². The minimum absolute atomic E-state index is 0.109. The first-order chi connectivity index (χ1) is 5.31. The molecule has 0 aromatic carbocycles. The van der Waals surface area contributed by atoms with Crippen LogP contribution in [0.5, 0.6) is 0 Å². The molecule has 3 unspecified atom stereocenters. The highest BCUT2D eigenvalue weighted by Crippen LogP contribution is 2.33. The maximum atomic E-state index is 10.9. The molecule has 0 aliphatic carbocycles. The average Bonchev–Trinajstić information content (AvgIpc) is 2.47. The van der Waals surface area contributed by atoms with Crippen LogP contribution >= 0.6 is 0 Å². The molecule has 0 aromatic heterocycles. The zero-order valence-corrected chi connectivity index (χ0v) is 5.80. The highest BCUT2D eigenvalue weighted by molar-refractivity contribution is 5.86. The van der Waals surface area contributed by atoms with Crippen molar-refractivity contribution in [3.05, 3.63) is 10.4 Å². The Bertz CT molecular complexity index is 246. The summed E-state index contributed by atoms with van der Waals surface area (Å²) in [5.41, 5.74) is 8.14. The van der Waals surface area contributed by atoms with Gasteiger partial charge in [0.25, 0.3) is 0 Å². The summed E-state index contributed by atoms with van der Waals surface area (Å²) < 4.78 is 5.24. The third-order valence-corrected chi connectivity index (χ3v) is 2.19. The van der Waals surface area contributed by atoms with Crippen LogP contribution in [0.3, 0.4) is 0 Å². The van der Waals surface area contributed by atoms with Gasteiger partial charge in [0.1, 0.15) is 6.10 Å². The molecule has 5 nitrogen and oxygen atoms in total. The van der Waals surface area contributed by atoms with E-state index in [4.69, 9.17) is 10.3 Å². The molecule has 2 rings (SSSR count). The molecule has 0 saturated carbocycles. The van der Waals surface area contributed by atoms with Gasteiger partial charge in [0, 0.05) is 11.3 Å². The van der Waals surface area contributed by atoms with Crippen molar-refractivity contribution >= 4 is 5.78 Å². The second-order valence-electron chi connectivity index (χ2n) is 2.84. The molecule has 58 valence electrons. The first-order valence-electron chi connectivity index (χ1n) is 3.53. The summed E-state index contributed by atoms with van der Waals surface area (Å²) in [6.45, 7) is 0. The lowest BCUT2D eigenvalue weighted by atomic mass is 9.95. The van der Waals surface area contributed by atoms with E-state index in [1.54, 1.807) is 0 Å². The summed E-state index contributed by atoms with van der Waals surface area (Å²) in [5, 5.41) is 3.54. The second-order valence-corrected chi connectivity index (χ2v) is 2.84. The van der Waals surface area contributed by atoms with Gasteiger partial charge in [-0.1, -0.05) is 5.11 Å². The minimum atomic E-state index is -0.282. The van der Waals surface area contributed by atoms with Gasteiger partial charge in [-0.3, -0.25) is 4.79 Å². The fourth-order valence-electron chi connectivity index (χ4n) is 1.64. The minimum Gasteiger partial charge on any atom is -0.366 e. The zero-order chi connectivity index (χ0) is 7.84. The van der Waals surface area contributed by atoms with Crippen LogP contribution in [0.25, 0.3) is 10.4 Å². The van der Waals surface area contributed by atoms with Gasteiger partial charge in [-0.25, -0.2) is 0 Å². The van der Waals surface area contributed by atoms with Crippen molar-refractivity contribution in [2.75, 3.05) is 0 Å². The van der Waals surface area contributed by atoms with Crippen LogP contribution in [0.4, 0.5) is 0 Å². The zero-order valence-electron chi connectivity index (χ0n) is 5.80. The molecule has 0 spiro atoms. The van der Waals surface area contributed by atoms with Crippen molar-refractivity contribution in [3.63, 3.8) is 0 Å². The number of azide groups is 1. The molecule has 2 fully saturated rings. The lowest BCUT2D eigenvalue weighted by molar-refractivity contribution is -0.121. The molecule has 2 heterocycles. The predicted molar refractivity (Wildman–Crippen MR) is 35.8 cm³/mol. The van der Waals surface area contributed by atoms with E-state index in [1.807, 2.05) is 0 Å². The first-order valence-corrected chi connectivity index (χ1v) is 3.53. The van der Waals surface area contributed by atoms with E-state index in [2.05, 4.69) is 10.0 Å². The smallest absolute Gasteiger partial charge is 0.164 e. The molecule has 0 aromatic rings. The third kappa shape index (κ3) is 0.895. The molecule has 2 saturated heterocycles. The molecule has 5 heteroatoms. The largest absolute Gasteiger partial charge is 0.366 e. The van der Waals surface area contributed by atoms with Crippen LogP contribution in [-0.2, 0) is 9.53 Å². The Morgan fingerprint density at radius 1 is 1.73 bits per heavy atom. The molecule has 0 N–H and O–H groups in total. The highest BCUT2D eigenvalue weighted by atomic mass is 16.5. The topological polar surface area (TPSA) is 75.1 Å². The molecule has 3 atom stereocenters. The van der Waals surface area contributed by atoms with Crippen molar-refractivity contribution in [1.29, 1.82) is 0 Å². The molecule has 11 heavy (non-hydrogen) atoms. The van der Waals surface area contributed by atoms with Gasteiger partial charge < -0.3 is 4.74 Å². The Labute approximate surface area is 63.0 Å². The van der Waals surface area contributed by atoms with E-state index in [-0.39, 0.29) is 24.0 Å². The summed E-state index contributed by atoms with van der Waals surface area (Å²) >= 11 is 0. The van der Waals surface area contributed by atoms with Gasteiger partial charge >= 0.3 is 0 Å². The molecule has 2 aliphatic heterocycles. The fourth-order valence-corrected chi connectivity index (χ4v) is 1.64. The van der Waals surface area contributed by atoms with Crippen LogP contribution in [0.1, 0.15) is 12.8 Å². The average molecular weight is 153 g/mol. The number of ether oxygens (including phenoxy) is 1. The SMILES string of the molecule is [N-]=[N+]=NC1CC2OC1CC2=O. The van der Waals surface area contributed by atoms with E-state index >= 15 is 0 Å². The number of ketones is 1. The number of rotatable bonds is 1. The summed E-state index contributed by atoms with van der Waals surface area (Å²) in [4.78, 5) is 13.6. The van der Waals surface area contributed by atoms with Gasteiger partial charge in [0.2, 0.25) is 0 Å².